The molecule has 0 aliphatic rings. The topological polar surface area (TPSA) is 143 Å². The van der Waals surface area contributed by atoms with E-state index in [0.717, 1.165) is 29.8 Å². The molecule has 0 rings (SSSR count). The minimum absolute atomic E-state index is 0. The Kier molecular flexibility index (Phi) is 3.70. The summed E-state index contributed by atoms with van der Waals surface area (Å²) < 4.78 is 0. The monoisotopic (exact) mass is 351 g/mol. The standard InChI is InChI=1S/6CN.Fe.La/c6*1-2;;/q;;;;;;-3;+3. The Morgan fingerprint density at radius 2 is 0.643 bits per heavy atom. The van der Waals surface area contributed by atoms with Crippen molar-refractivity contribution in [3.63, 3.8) is 0 Å². The number of hydrogen-bond donors (Lipinski definition) is 0. The van der Waals surface area contributed by atoms with E-state index in [4.69, 9.17) is 31.6 Å². The van der Waals surface area contributed by atoms with E-state index in [2.05, 4.69) is 0 Å². The largest absolute Gasteiger partial charge is 3.00 e. The van der Waals surface area contributed by atoms with Crippen LogP contribution < -0.4 is 0 Å². The zero-order valence-corrected chi connectivity index (χ0v) is 11.3. The van der Waals surface area contributed by atoms with Crippen molar-refractivity contribution < 1.29 is 46.3 Å². The van der Waals surface area contributed by atoms with Crippen LogP contribution in [0.2, 0.25) is 0 Å². The van der Waals surface area contributed by atoms with E-state index in [-0.39, 0.29) is 35.6 Å². The second kappa shape index (κ2) is 3.42. The van der Waals surface area contributed by atoms with Crippen LogP contribution in [0.4, 0.5) is 0 Å². The van der Waals surface area contributed by atoms with Crippen LogP contribution in [0.15, 0.2) is 0 Å². The molecule has 0 heterocycles. The van der Waals surface area contributed by atoms with Crippen molar-refractivity contribution in [2.75, 3.05) is 0 Å². The minimum atomic E-state index is -6.17. The fourth-order valence-corrected chi connectivity index (χ4v) is 1.09. The molecule has 0 atom stereocenters. The Hall–Kier alpha value is -1.35. The second-order valence-corrected chi connectivity index (χ2v) is 7.42. The molecule has 0 fully saturated rings. The summed E-state index contributed by atoms with van der Waals surface area (Å²) in [4.78, 5) is 6.19. The third-order valence-corrected chi connectivity index (χ3v) is 4.89. The number of nitriles is 6. The van der Waals surface area contributed by atoms with Crippen LogP contribution in [0.5, 0.6) is 0 Å². The summed E-state index contributed by atoms with van der Waals surface area (Å²) in [7, 11) is -6.17. The maximum Gasteiger partial charge on any atom is 3.00 e. The molecule has 0 spiro atoms. The molecule has 0 aromatic rings. The van der Waals surface area contributed by atoms with Crippen molar-refractivity contribution >= 4 is 0 Å². The van der Waals surface area contributed by atoms with Crippen molar-refractivity contribution in [1.82, 2.24) is 0 Å². The normalized spacial score (nSPS) is 12.4. The van der Waals surface area contributed by atoms with Gasteiger partial charge in [-0.05, 0) is 0 Å². The van der Waals surface area contributed by atoms with E-state index in [1.807, 2.05) is 0 Å². The van der Waals surface area contributed by atoms with Crippen molar-refractivity contribution in [1.29, 1.82) is 31.6 Å². The SMILES string of the molecule is N#[C][Fe-3]([C]#N)([C]#N)([C]#N)([C]#N)[C]#N.[La+3]. The number of rotatable bonds is 0. The van der Waals surface area contributed by atoms with Gasteiger partial charge < -0.3 is 0 Å². The average molecular weight is 351 g/mol. The van der Waals surface area contributed by atoms with Gasteiger partial charge in [-0.25, -0.2) is 0 Å². The molecule has 0 amide bonds. The van der Waals surface area contributed by atoms with Gasteiger partial charge in [0.25, 0.3) is 0 Å². The molecule has 0 radical (unpaired) electrons. The van der Waals surface area contributed by atoms with Gasteiger partial charge in [0.15, 0.2) is 0 Å². The smallest absolute Gasteiger partial charge is 3.00 e. The molecule has 14 heavy (non-hydrogen) atoms. The van der Waals surface area contributed by atoms with E-state index in [1.165, 1.54) is 0 Å². The van der Waals surface area contributed by atoms with Gasteiger partial charge in [0.05, 0.1) is 0 Å². The first-order chi connectivity index (χ1) is 5.97. The maximum absolute atomic E-state index is 8.58. The summed E-state index contributed by atoms with van der Waals surface area (Å²) in [6.07, 6.45) is 0. The van der Waals surface area contributed by atoms with Crippen molar-refractivity contribution in [3.05, 3.63) is 0 Å². The molecule has 0 saturated carbocycles. The first-order valence-electron chi connectivity index (χ1n) is 2.40. The van der Waals surface area contributed by atoms with Gasteiger partial charge in [-0.2, -0.15) is 0 Å². The van der Waals surface area contributed by atoms with E-state index >= 15 is 0 Å². The fraction of sp³-hybridized carbons (Fsp3) is 0. The molecule has 0 N–H and O–H groups in total. The summed E-state index contributed by atoms with van der Waals surface area (Å²) in [6, 6.07) is 0. The molecule has 0 aromatic heterocycles. The summed E-state index contributed by atoms with van der Waals surface area (Å²) in [5.41, 5.74) is 0. The third kappa shape index (κ3) is 1.21. The van der Waals surface area contributed by atoms with Crippen molar-refractivity contribution in [2.24, 2.45) is 0 Å². The van der Waals surface area contributed by atoms with Gasteiger partial charge in [0.1, 0.15) is 0 Å². The summed E-state index contributed by atoms with van der Waals surface area (Å²) >= 11 is 0. The third-order valence-electron chi connectivity index (χ3n) is 1.19. The quantitative estimate of drug-likeness (QED) is 0.566. The molecular formula is C6FeLaN6. The molecule has 0 bridgehead atoms. The molecule has 0 aliphatic carbocycles. The maximum atomic E-state index is 8.58. The summed E-state index contributed by atoms with van der Waals surface area (Å²) in [5.74, 6) is 0. The predicted molar refractivity (Wildman–Crippen MR) is 33.7 cm³/mol. The Morgan fingerprint density at radius 1 is 0.500 bits per heavy atom. The van der Waals surface area contributed by atoms with Crippen molar-refractivity contribution in [3.8, 4) is 29.8 Å². The van der Waals surface area contributed by atoms with E-state index in [9.17, 15) is 0 Å². The minimum Gasteiger partial charge on any atom is 3.00 e. The van der Waals surface area contributed by atoms with Crippen molar-refractivity contribution in [2.45, 2.75) is 0 Å². The van der Waals surface area contributed by atoms with Gasteiger partial charge in [0.2, 0.25) is 0 Å². The first-order valence-corrected chi connectivity index (χ1v) is 5.71. The van der Waals surface area contributed by atoms with Gasteiger partial charge >= 0.3 is 108 Å². The zero-order valence-electron chi connectivity index (χ0n) is 6.61. The van der Waals surface area contributed by atoms with Gasteiger partial charge in [-0.1, -0.05) is 0 Å². The van der Waals surface area contributed by atoms with E-state index in [0.29, 0.717) is 0 Å². The Labute approximate surface area is 107 Å². The van der Waals surface area contributed by atoms with Crippen LogP contribution in [0.3, 0.4) is 0 Å². The zero-order chi connectivity index (χ0) is 10.7. The van der Waals surface area contributed by atoms with Gasteiger partial charge in [0, 0.05) is 0 Å². The summed E-state index contributed by atoms with van der Waals surface area (Å²) in [6.45, 7) is 0. The number of nitrogens with zero attached hydrogens (tertiary/aromatic N) is 6. The van der Waals surface area contributed by atoms with Gasteiger partial charge in [-0.3, -0.25) is 0 Å². The molecule has 6 nitrogen and oxygen atoms in total. The molecule has 0 unspecified atom stereocenters. The van der Waals surface area contributed by atoms with E-state index in [1.54, 1.807) is 0 Å². The molecular weight excluding hydrogens is 351 g/mol. The van der Waals surface area contributed by atoms with Crippen LogP contribution >= 0.6 is 0 Å². The molecule has 0 aromatic carbocycles. The van der Waals surface area contributed by atoms with Gasteiger partial charge in [-0.15, -0.1) is 0 Å². The van der Waals surface area contributed by atoms with Crippen LogP contribution in [0, 0.1) is 97.0 Å². The molecule has 65 valence electrons. The Balaban J connectivity index is 0. The predicted octanol–water partition coefficient (Wildman–Crippen LogP) is 0.0982. The molecule has 0 saturated heterocycles. The van der Waals surface area contributed by atoms with Crippen LogP contribution in [0.1, 0.15) is 0 Å². The average Bonchev–Trinajstić information content (AvgIpc) is 2.26. The van der Waals surface area contributed by atoms with Crippen LogP contribution in [0.25, 0.3) is 0 Å². The fourth-order valence-electron chi connectivity index (χ4n) is 0.265. The van der Waals surface area contributed by atoms with Crippen LogP contribution in [-0.2, 0) is 10.7 Å². The van der Waals surface area contributed by atoms with E-state index < -0.39 is 10.7 Å². The molecule has 0 aliphatic heterocycles. The summed E-state index contributed by atoms with van der Waals surface area (Å²) in [5, 5.41) is 51.5. The molecule has 8 heteroatoms. The number of hydrogen-bond acceptors (Lipinski definition) is 6. The van der Waals surface area contributed by atoms with Crippen LogP contribution in [-0.4, -0.2) is 0 Å². The first kappa shape index (κ1) is 15.1. The Bertz CT molecular complexity index is 392. The second-order valence-electron chi connectivity index (χ2n) is 1.80. The Morgan fingerprint density at radius 3 is 0.643 bits per heavy atom.